The van der Waals surface area contributed by atoms with Crippen molar-refractivity contribution in [1.82, 2.24) is 34.5 Å². The van der Waals surface area contributed by atoms with E-state index in [1.807, 2.05) is 16.3 Å². The van der Waals surface area contributed by atoms with E-state index in [9.17, 15) is 8.42 Å². The fourth-order valence-corrected chi connectivity index (χ4v) is 5.75. The normalized spacial score (nSPS) is 17.9. The smallest absolute Gasteiger partial charge is 0.240 e. The van der Waals surface area contributed by atoms with Crippen LogP contribution in [0.5, 0.6) is 0 Å². The fraction of sp³-hybridized carbons (Fsp3) is 0.571. The first-order chi connectivity index (χ1) is 16.3. The number of aromatic nitrogens is 7. The molecule has 3 aromatic rings. The van der Waals surface area contributed by atoms with E-state index in [0.29, 0.717) is 10.8 Å². The van der Waals surface area contributed by atoms with Gasteiger partial charge in [-0.25, -0.2) is 18.4 Å². The Labute approximate surface area is 203 Å². The molecule has 0 amide bonds. The lowest BCUT2D eigenvalue weighted by atomic mass is 9.95. The Morgan fingerprint density at radius 1 is 1.18 bits per heavy atom. The molecule has 3 aromatic heterocycles. The molecule has 2 atom stereocenters. The van der Waals surface area contributed by atoms with Crippen molar-refractivity contribution >= 4 is 27.6 Å². The van der Waals surface area contributed by atoms with Gasteiger partial charge in [0.2, 0.25) is 16.0 Å². The first-order valence-corrected chi connectivity index (χ1v) is 13.2. The molecule has 0 aliphatic heterocycles. The zero-order valence-electron chi connectivity index (χ0n) is 19.3. The van der Waals surface area contributed by atoms with E-state index in [1.165, 1.54) is 30.8 Å². The van der Waals surface area contributed by atoms with Gasteiger partial charge in [-0.3, -0.25) is 14.0 Å². The van der Waals surface area contributed by atoms with Gasteiger partial charge in [0, 0.05) is 43.9 Å². The molecule has 0 bridgehead atoms. The molecule has 1 fully saturated rings. The molecule has 5 rings (SSSR count). The molecule has 0 spiro atoms. The van der Waals surface area contributed by atoms with Crippen LogP contribution in [-0.4, -0.2) is 55.3 Å². The number of anilines is 1. The first-order valence-electron chi connectivity index (χ1n) is 11.3. The second-order valence-corrected chi connectivity index (χ2v) is 11.3. The number of halogens is 1. The first kappa shape index (κ1) is 23.2. The van der Waals surface area contributed by atoms with Crippen LogP contribution in [0, 0.1) is 0 Å². The van der Waals surface area contributed by atoms with E-state index < -0.39 is 21.4 Å². The zero-order valence-corrected chi connectivity index (χ0v) is 20.8. The van der Waals surface area contributed by atoms with Crippen LogP contribution in [0.1, 0.15) is 61.8 Å². The molecule has 182 valence electrons. The summed E-state index contributed by atoms with van der Waals surface area (Å²) in [5, 5.41) is 12.7. The maximum Gasteiger partial charge on any atom is 0.240 e. The van der Waals surface area contributed by atoms with Crippen molar-refractivity contribution in [1.29, 1.82) is 0 Å². The van der Waals surface area contributed by atoms with Crippen molar-refractivity contribution in [3.63, 3.8) is 0 Å². The predicted molar refractivity (Wildman–Crippen MR) is 126 cm³/mol. The van der Waals surface area contributed by atoms with E-state index in [4.69, 9.17) is 21.4 Å². The second-order valence-electron chi connectivity index (χ2n) is 8.82. The van der Waals surface area contributed by atoms with Gasteiger partial charge in [0.05, 0.1) is 5.02 Å². The summed E-state index contributed by atoms with van der Waals surface area (Å²) < 4.78 is 38.6. The summed E-state index contributed by atoms with van der Waals surface area (Å²) >= 11 is 5.87. The van der Waals surface area contributed by atoms with Crippen LogP contribution in [0.15, 0.2) is 12.4 Å². The van der Waals surface area contributed by atoms with Crippen molar-refractivity contribution in [2.24, 2.45) is 7.05 Å². The van der Waals surface area contributed by atoms with Gasteiger partial charge in [0.1, 0.15) is 17.0 Å². The number of nitrogens with one attached hydrogen (secondary N) is 1. The van der Waals surface area contributed by atoms with Gasteiger partial charge in [-0.05, 0) is 45.4 Å². The molecule has 0 unspecified atom stereocenters. The Morgan fingerprint density at radius 2 is 1.88 bits per heavy atom. The van der Waals surface area contributed by atoms with Crippen molar-refractivity contribution in [3.05, 3.63) is 34.5 Å². The molecule has 13 heteroatoms. The highest BCUT2D eigenvalue weighted by Crippen LogP contribution is 2.42. The number of aryl methyl sites for hydroxylation is 1. The van der Waals surface area contributed by atoms with Crippen LogP contribution in [0.3, 0.4) is 0 Å². The number of nitrogens with zero attached hydrogens (tertiary/aromatic N) is 7. The standard InChI is InChI=1S/C21H27ClN8O3S/c1-12(18(33-3)19-23-10-13(22)11-24-19)34(31,32)28-21-26-25-20(30(21)14-8-9-14)17-15-6-4-5-7-16(15)29(2)27-17/h10-12,14,18H,4-9H2,1-3H3,(H,26,28)/t12-,18-/m0/s1. The average molecular weight is 507 g/mol. The highest BCUT2D eigenvalue weighted by atomic mass is 35.5. The number of hydrogen-bond donors (Lipinski definition) is 1. The molecule has 34 heavy (non-hydrogen) atoms. The Morgan fingerprint density at radius 3 is 2.56 bits per heavy atom. The number of ether oxygens (including phenoxy) is 1. The maximum atomic E-state index is 13.3. The zero-order chi connectivity index (χ0) is 24.0. The topological polar surface area (TPSA) is 130 Å². The van der Waals surface area contributed by atoms with E-state index in [2.05, 4.69) is 24.9 Å². The minimum absolute atomic E-state index is 0.136. The van der Waals surface area contributed by atoms with Gasteiger partial charge in [0.15, 0.2) is 11.6 Å². The van der Waals surface area contributed by atoms with E-state index in [0.717, 1.165) is 44.2 Å². The van der Waals surface area contributed by atoms with E-state index >= 15 is 0 Å². The minimum Gasteiger partial charge on any atom is -0.372 e. The molecule has 2 aliphatic rings. The Bertz CT molecular complexity index is 1300. The van der Waals surface area contributed by atoms with Gasteiger partial charge in [-0.2, -0.15) is 5.10 Å². The summed E-state index contributed by atoms with van der Waals surface area (Å²) in [5.41, 5.74) is 3.19. The van der Waals surface area contributed by atoms with Gasteiger partial charge < -0.3 is 4.74 Å². The van der Waals surface area contributed by atoms with Crippen molar-refractivity contribution in [3.8, 4) is 11.5 Å². The summed E-state index contributed by atoms with van der Waals surface area (Å²) in [7, 11) is -0.564. The third-order valence-corrected chi connectivity index (χ3v) is 8.37. The quantitative estimate of drug-likeness (QED) is 0.493. The molecule has 2 aliphatic carbocycles. The summed E-state index contributed by atoms with van der Waals surface area (Å²) in [6, 6.07) is 0.136. The number of sulfonamides is 1. The SMILES string of the molecule is CO[C@H](c1ncc(Cl)cn1)[C@H](C)S(=O)(=O)Nc1nnc(-c2nn(C)c3c2CCCC3)n1C1CC1. The number of fused-ring (bicyclic) bond motifs is 1. The molecular formula is C21H27ClN8O3S. The van der Waals surface area contributed by atoms with Gasteiger partial charge >= 0.3 is 0 Å². The molecule has 1 saturated carbocycles. The monoisotopic (exact) mass is 506 g/mol. The summed E-state index contributed by atoms with van der Waals surface area (Å²) in [5.74, 6) is 1.02. The van der Waals surface area contributed by atoms with Crippen LogP contribution in [0.25, 0.3) is 11.5 Å². The molecule has 0 saturated heterocycles. The van der Waals surface area contributed by atoms with Crippen LogP contribution in [0.4, 0.5) is 5.95 Å². The largest absolute Gasteiger partial charge is 0.372 e. The van der Waals surface area contributed by atoms with Crippen molar-refractivity contribution < 1.29 is 13.2 Å². The molecule has 11 nitrogen and oxygen atoms in total. The third-order valence-electron chi connectivity index (χ3n) is 6.48. The molecule has 0 aromatic carbocycles. The number of rotatable bonds is 8. The van der Waals surface area contributed by atoms with Crippen LogP contribution >= 0.6 is 11.6 Å². The van der Waals surface area contributed by atoms with Gasteiger partial charge in [0.25, 0.3) is 0 Å². The highest BCUT2D eigenvalue weighted by molar-refractivity contribution is 7.93. The molecular weight excluding hydrogens is 480 g/mol. The van der Waals surface area contributed by atoms with E-state index in [1.54, 1.807) is 6.92 Å². The molecule has 3 heterocycles. The van der Waals surface area contributed by atoms with E-state index in [-0.39, 0.29) is 17.8 Å². The summed E-state index contributed by atoms with van der Waals surface area (Å²) in [6.07, 6.45) is 7.96. The lowest BCUT2D eigenvalue weighted by Gasteiger charge is -2.22. The van der Waals surface area contributed by atoms with Crippen LogP contribution < -0.4 is 4.72 Å². The summed E-state index contributed by atoms with van der Waals surface area (Å²) in [6.45, 7) is 1.54. The average Bonchev–Trinajstić information content (AvgIpc) is 3.50. The molecule has 0 radical (unpaired) electrons. The van der Waals surface area contributed by atoms with Crippen LogP contribution in [-0.2, 0) is 34.6 Å². The Kier molecular flexibility index (Phi) is 6.07. The lowest BCUT2D eigenvalue weighted by Crippen LogP contribution is -2.33. The fourth-order valence-electron chi connectivity index (χ4n) is 4.51. The predicted octanol–water partition coefficient (Wildman–Crippen LogP) is 2.85. The Hall–Kier alpha value is -2.57. The maximum absolute atomic E-state index is 13.3. The highest BCUT2D eigenvalue weighted by Gasteiger charge is 2.37. The summed E-state index contributed by atoms with van der Waals surface area (Å²) in [4.78, 5) is 8.26. The number of hydrogen-bond acceptors (Lipinski definition) is 8. The Balaban J connectivity index is 1.47. The molecule has 1 N–H and O–H groups in total. The van der Waals surface area contributed by atoms with Crippen molar-refractivity contribution in [2.75, 3.05) is 11.8 Å². The van der Waals surface area contributed by atoms with Gasteiger partial charge in [-0.15, -0.1) is 10.2 Å². The number of methoxy groups -OCH3 is 1. The van der Waals surface area contributed by atoms with Crippen molar-refractivity contribution in [2.45, 2.75) is 62.8 Å². The third kappa shape index (κ3) is 4.18. The van der Waals surface area contributed by atoms with Crippen LogP contribution in [0.2, 0.25) is 5.02 Å². The minimum atomic E-state index is -3.93. The van der Waals surface area contributed by atoms with Gasteiger partial charge in [-0.1, -0.05) is 11.6 Å². The lowest BCUT2D eigenvalue weighted by molar-refractivity contribution is 0.0950. The second kappa shape index (κ2) is 8.90.